The third-order valence-corrected chi connectivity index (χ3v) is 6.01. The summed E-state index contributed by atoms with van der Waals surface area (Å²) >= 11 is 0. The van der Waals surface area contributed by atoms with E-state index in [9.17, 15) is 14.9 Å². The van der Waals surface area contributed by atoms with Crippen molar-refractivity contribution >= 4 is 17.0 Å². The van der Waals surface area contributed by atoms with Crippen molar-refractivity contribution in [2.45, 2.75) is 38.0 Å². The number of ether oxygens (including phenoxy) is 1. The average Bonchev–Trinajstić information content (AvgIpc) is 3.34. The summed E-state index contributed by atoms with van der Waals surface area (Å²) in [5.41, 5.74) is 4.36. The van der Waals surface area contributed by atoms with Gasteiger partial charge in [-0.05, 0) is 47.6 Å². The molecule has 2 atom stereocenters. The molecule has 1 saturated heterocycles. The van der Waals surface area contributed by atoms with E-state index < -0.39 is 12.1 Å². The second-order valence-electron chi connectivity index (χ2n) is 8.45. The Morgan fingerprint density at radius 3 is 2.69 bits per heavy atom. The third kappa shape index (κ3) is 4.31. The Bertz CT molecular complexity index is 1230. The van der Waals surface area contributed by atoms with Gasteiger partial charge in [-0.25, -0.2) is 4.79 Å². The fraction of sp³-hybridized carbons (Fsp3) is 0.375. The standard InChI is InChI=1S/C24H24N4O4/c25-11-19(27-23(29)22-12-26-14-31-22)9-15-3-5-17(6-4-15)18-7-8-21-20(10-18)28(24(30)32-21)13-16-1-2-16/h3-8,10,16,19,22,26H,1-2,9,12-14H2,(H,27,29)/t19-,22-/m0/s1. The highest BCUT2D eigenvalue weighted by Gasteiger charge is 2.26. The van der Waals surface area contributed by atoms with Crippen molar-refractivity contribution in [3.05, 3.63) is 58.6 Å². The number of oxazole rings is 1. The number of nitrogens with zero attached hydrogens (tertiary/aromatic N) is 2. The van der Waals surface area contributed by atoms with Gasteiger partial charge in [-0.1, -0.05) is 30.3 Å². The fourth-order valence-electron chi connectivity index (χ4n) is 4.01. The zero-order valence-electron chi connectivity index (χ0n) is 17.5. The summed E-state index contributed by atoms with van der Waals surface area (Å²) in [7, 11) is 0. The van der Waals surface area contributed by atoms with E-state index in [1.165, 1.54) is 0 Å². The molecule has 1 aromatic heterocycles. The summed E-state index contributed by atoms with van der Waals surface area (Å²) in [5.74, 6) is -0.00638. The van der Waals surface area contributed by atoms with Crippen LogP contribution in [0, 0.1) is 17.2 Å². The van der Waals surface area contributed by atoms with Crippen LogP contribution in [0.1, 0.15) is 18.4 Å². The van der Waals surface area contributed by atoms with Crippen LogP contribution >= 0.6 is 0 Å². The maximum atomic E-state index is 12.2. The topological polar surface area (TPSA) is 109 Å². The largest absolute Gasteiger partial charge is 0.419 e. The lowest BCUT2D eigenvalue weighted by Crippen LogP contribution is -2.43. The van der Waals surface area contributed by atoms with Crippen molar-refractivity contribution in [2.75, 3.05) is 13.3 Å². The molecule has 0 spiro atoms. The molecule has 0 bridgehead atoms. The molecule has 5 rings (SSSR count). The van der Waals surface area contributed by atoms with Gasteiger partial charge in [0.15, 0.2) is 5.58 Å². The minimum atomic E-state index is -0.628. The maximum absolute atomic E-state index is 12.2. The number of nitrogens with one attached hydrogen (secondary N) is 2. The Kier molecular flexibility index (Phi) is 5.52. The first-order valence-corrected chi connectivity index (χ1v) is 10.9. The highest BCUT2D eigenvalue weighted by molar-refractivity contribution is 5.82. The smallest absolute Gasteiger partial charge is 0.408 e. The van der Waals surface area contributed by atoms with Gasteiger partial charge in [0.25, 0.3) is 5.91 Å². The van der Waals surface area contributed by atoms with Crippen LogP contribution < -0.4 is 16.4 Å². The number of nitriles is 1. The van der Waals surface area contributed by atoms with Crippen molar-refractivity contribution < 1.29 is 13.9 Å². The van der Waals surface area contributed by atoms with Crippen LogP contribution in [0.5, 0.6) is 0 Å². The monoisotopic (exact) mass is 432 g/mol. The predicted octanol–water partition coefficient (Wildman–Crippen LogP) is 2.17. The second kappa shape index (κ2) is 8.61. The SMILES string of the molecule is N#C[C@H](Cc1ccc(-c2ccc3oc(=O)n(CC4CC4)c3c2)cc1)NC(=O)[C@@H]1CNCO1. The van der Waals surface area contributed by atoms with Crippen molar-refractivity contribution in [2.24, 2.45) is 5.92 Å². The molecule has 2 aromatic carbocycles. The Morgan fingerprint density at radius 2 is 2.00 bits per heavy atom. The van der Waals surface area contributed by atoms with E-state index >= 15 is 0 Å². The molecule has 32 heavy (non-hydrogen) atoms. The lowest BCUT2D eigenvalue weighted by Gasteiger charge is -2.15. The minimum Gasteiger partial charge on any atom is -0.408 e. The molecular weight excluding hydrogens is 408 g/mol. The Hall–Kier alpha value is -3.41. The van der Waals surface area contributed by atoms with Gasteiger partial charge in [-0.3, -0.25) is 14.7 Å². The van der Waals surface area contributed by atoms with E-state index in [-0.39, 0.29) is 11.7 Å². The first-order chi connectivity index (χ1) is 15.6. The Balaban J connectivity index is 1.30. The molecular formula is C24H24N4O4. The molecule has 2 fully saturated rings. The molecule has 8 nitrogen and oxygen atoms in total. The van der Waals surface area contributed by atoms with Crippen molar-refractivity contribution in [1.82, 2.24) is 15.2 Å². The molecule has 1 aliphatic heterocycles. The van der Waals surface area contributed by atoms with Gasteiger partial charge in [0.2, 0.25) is 0 Å². The van der Waals surface area contributed by atoms with E-state index in [4.69, 9.17) is 9.15 Å². The molecule has 1 amide bonds. The fourth-order valence-corrected chi connectivity index (χ4v) is 4.01. The van der Waals surface area contributed by atoms with Crippen LogP contribution in [-0.4, -0.2) is 35.9 Å². The van der Waals surface area contributed by atoms with E-state index in [2.05, 4.69) is 16.7 Å². The summed E-state index contributed by atoms with van der Waals surface area (Å²) in [6.07, 6.45) is 2.18. The van der Waals surface area contributed by atoms with Crippen LogP contribution in [-0.2, 0) is 22.5 Å². The molecule has 2 N–H and O–H groups in total. The summed E-state index contributed by atoms with van der Waals surface area (Å²) in [5, 5.41) is 15.1. The van der Waals surface area contributed by atoms with Gasteiger partial charge in [-0.2, -0.15) is 5.26 Å². The Labute approximate surface area is 184 Å². The zero-order valence-corrected chi connectivity index (χ0v) is 17.5. The van der Waals surface area contributed by atoms with E-state index in [0.29, 0.717) is 37.7 Å². The van der Waals surface area contributed by atoms with Crippen LogP contribution in [0.4, 0.5) is 0 Å². The number of carbonyl (C=O) groups is 1. The predicted molar refractivity (Wildman–Crippen MR) is 118 cm³/mol. The van der Waals surface area contributed by atoms with Gasteiger partial charge < -0.3 is 14.5 Å². The number of aromatic nitrogens is 1. The van der Waals surface area contributed by atoms with Gasteiger partial charge in [-0.15, -0.1) is 0 Å². The molecule has 2 aliphatic rings. The number of amides is 1. The quantitative estimate of drug-likeness (QED) is 0.592. The molecule has 1 aliphatic carbocycles. The molecule has 8 heteroatoms. The lowest BCUT2D eigenvalue weighted by molar-refractivity contribution is -0.129. The summed E-state index contributed by atoms with van der Waals surface area (Å²) in [6, 6.07) is 15.2. The highest BCUT2D eigenvalue weighted by Crippen LogP contribution is 2.32. The lowest BCUT2D eigenvalue weighted by atomic mass is 10.0. The minimum absolute atomic E-state index is 0.274. The van der Waals surface area contributed by atoms with Crippen molar-refractivity contribution in [3.63, 3.8) is 0 Å². The van der Waals surface area contributed by atoms with Crippen LogP contribution in [0.2, 0.25) is 0 Å². The Morgan fingerprint density at radius 1 is 1.22 bits per heavy atom. The zero-order chi connectivity index (χ0) is 22.1. The summed E-state index contributed by atoms with van der Waals surface area (Å²) in [6.45, 7) is 1.50. The normalized spacial score (nSPS) is 19.0. The second-order valence-corrected chi connectivity index (χ2v) is 8.45. The van der Waals surface area contributed by atoms with E-state index in [1.54, 1.807) is 4.57 Å². The van der Waals surface area contributed by atoms with Crippen LogP contribution in [0.25, 0.3) is 22.2 Å². The molecule has 1 saturated carbocycles. The number of fused-ring (bicyclic) bond motifs is 1. The maximum Gasteiger partial charge on any atom is 0.419 e. The van der Waals surface area contributed by atoms with E-state index in [1.807, 2.05) is 42.5 Å². The average molecular weight is 432 g/mol. The van der Waals surface area contributed by atoms with E-state index in [0.717, 1.165) is 35.0 Å². The van der Waals surface area contributed by atoms with Gasteiger partial charge in [0.05, 0.1) is 18.3 Å². The molecule has 164 valence electrons. The number of rotatable bonds is 7. The van der Waals surface area contributed by atoms with Crippen molar-refractivity contribution in [1.29, 1.82) is 5.26 Å². The van der Waals surface area contributed by atoms with Gasteiger partial charge in [0, 0.05) is 19.5 Å². The first-order valence-electron chi connectivity index (χ1n) is 10.9. The third-order valence-electron chi connectivity index (χ3n) is 6.01. The van der Waals surface area contributed by atoms with Gasteiger partial charge >= 0.3 is 5.76 Å². The molecule has 2 heterocycles. The number of hydrogen-bond donors (Lipinski definition) is 2. The number of benzene rings is 2. The highest BCUT2D eigenvalue weighted by atomic mass is 16.5. The molecule has 0 unspecified atom stereocenters. The molecule has 3 aromatic rings. The number of hydrogen-bond acceptors (Lipinski definition) is 6. The number of carbonyl (C=O) groups excluding carboxylic acids is 1. The van der Waals surface area contributed by atoms with Crippen molar-refractivity contribution in [3.8, 4) is 17.2 Å². The first kappa shape index (κ1) is 20.5. The van der Waals surface area contributed by atoms with Crippen LogP contribution in [0.3, 0.4) is 0 Å². The summed E-state index contributed by atoms with van der Waals surface area (Å²) in [4.78, 5) is 24.4. The van der Waals surface area contributed by atoms with Gasteiger partial charge in [0.1, 0.15) is 12.1 Å². The summed E-state index contributed by atoms with van der Waals surface area (Å²) < 4.78 is 12.4. The molecule has 0 radical (unpaired) electrons. The van der Waals surface area contributed by atoms with Crippen LogP contribution in [0.15, 0.2) is 51.7 Å².